The molecule has 0 amide bonds. The van der Waals surface area contributed by atoms with E-state index in [-0.39, 0.29) is 0 Å². The molecule has 0 aliphatic heterocycles. The van der Waals surface area contributed by atoms with Crippen LogP contribution in [-0.2, 0) is 0 Å². The van der Waals surface area contributed by atoms with E-state index in [2.05, 4.69) is 26.0 Å². The Morgan fingerprint density at radius 3 is 2.75 bits per heavy atom. The first-order valence-electron chi connectivity index (χ1n) is 7.05. The molecule has 8 heavy (non-hydrogen) atoms. The van der Waals surface area contributed by atoms with Crippen LogP contribution in [0.4, 0.5) is 0 Å². The van der Waals surface area contributed by atoms with Crippen molar-refractivity contribution in [1.82, 2.24) is 0 Å². The molecule has 0 radical (unpaired) electrons. The average Bonchev–Trinajstić information content (AvgIpc) is 2.54. The highest BCUT2D eigenvalue weighted by Gasteiger charge is 1.62. The van der Waals surface area contributed by atoms with Crippen molar-refractivity contribution in [3.8, 4) is 0 Å². The van der Waals surface area contributed by atoms with Gasteiger partial charge in [-0.3, -0.25) is 0 Å². The van der Waals surface area contributed by atoms with Crippen molar-refractivity contribution in [3.05, 3.63) is 0 Å². The first-order chi connectivity index (χ1) is 8.91. The largest absolute Gasteiger partial charge is 0.183 e. The van der Waals surface area contributed by atoms with E-state index < -0.39 is 0 Å². The molecule has 0 aliphatic carbocycles. The van der Waals surface area contributed by atoms with E-state index in [4.69, 9.17) is 20.4 Å². The van der Waals surface area contributed by atoms with Gasteiger partial charge < -0.3 is 0 Å². The summed E-state index contributed by atoms with van der Waals surface area (Å²) in [5.41, 5.74) is 6.10. The van der Waals surface area contributed by atoms with Crippen LogP contribution in [0.5, 0.6) is 0 Å². The smallest absolute Gasteiger partial charge is 0.0593 e. The Kier molecular flexibility index (Phi) is 1.42. The molecule has 0 aromatic rings. The van der Waals surface area contributed by atoms with E-state index in [0.29, 0.717) is 6.54 Å². The van der Waals surface area contributed by atoms with E-state index >= 15 is 0 Å². The minimum absolute atomic E-state index is 0.566. The van der Waals surface area contributed by atoms with Gasteiger partial charge in [0.25, 0.3) is 0 Å². The maximum Gasteiger partial charge on any atom is 0.0593 e. The van der Waals surface area contributed by atoms with E-state index in [1.54, 1.807) is 0 Å². The Bertz CT molecular complexity index is 121. The molecular formula is C2H16N6. The van der Waals surface area contributed by atoms with Crippen LogP contribution in [0, 0.1) is 5.53 Å². The zero-order valence-corrected chi connectivity index (χ0v) is 4.44. The summed E-state index contributed by atoms with van der Waals surface area (Å²) >= 11 is 0. The maximum atomic E-state index is 6.10. The summed E-state index contributed by atoms with van der Waals surface area (Å²) in [6.45, 7) is 2.38. The normalized spacial score (nSPS) is 16.1. The van der Waals surface area contributed by atoms with Crippen LogP contribution >= 0.6 is 0 Å². The molecule has 0 saturated heterocycles. The quantitative estimate of drug-likeness (QED) is 0.466. The highest BCUT2D eigenvalue weighted by Crippen LogP contribution is 1.78. The van der Waals surface area contributed by atoms with Gasteiger partial charge >= 0.3 is 0 Å². The zero-order valence-electron chi connectivity index (χ0n) is 14.4. The zero-order chi connectivity index (χ0) is 16.2. The summed E-state index contributed by atoms with van der Waals surface area (Å²) in [6.07, 6.45) is 0. The van der Waals surface area contributed by atoms with Crippen LogP contribution in [0.15, 0.2) is 26.0 Å². The molecule has 0 unspecified atom stereocenters. The molecule has 0 aliphatic rings. The molecule has 0 heterocycles. The molecule has 0 rings (SSSR count). The van der Waals surface area contributed by atoms with Gasteiger partial charge in [-0.25, -0.2) is 0 Å². The van der Waals surface area contributed by atoms with Gasteiger partial charge in [0.15, 0.2) is 0 Å². The van der Waals surface area contributed by atoms with Crippen LogP contribution in [-0.4, -0.2) is 6.54 Å². The van der Waals surface area contributed by atoms with Gasteiger partial charge in [0.2, 0.25) is 0 Å². The van der Waals surface area contributed by atoms with Gasteiger partial charge in [0, 0.05) is 14.8 Å². The van der Waals surface area contributed by atoms with Crippen molar-refractivity contribution in [3.63, 3.8) is 0 Å². The maximum absolute atomic E-state index is 6.10. The number of hydrogen-bond acceptors (Lipinski definition) is 2. The van der Waals surface area contributed by atoms with E-state index in [9.17, 15) is 0 Å². The Morgan fingerprint density at radius 2 is 2.25 bits per heavy atom. The van der Waals surface area contributed by atoms with Gasteiger partial charge in [-0.2, -0.15) is 10.6 Å². The molecule has 0 fully saturated rings. The van der Waals surface area contributed by atoms with Gasteiger partial charge in [-0.1, -0.05) is 0 Å². The fraction of sp³-hybridized carbons (Fsp3) is 1.00. The Balaban J connectivity index is -0.0000000304. The summed E-state index contributed by atoms with van der Waals surface area (Å²) in [5, 5.41) is 15.0. The van der Waals surface area contributed by atoms with E-state index in [0.717, 1.165) is 0 Å². The molecule has 1 N–H and O–H groups in total. The van der Waals surface area contributed by atoms with Crippen LogP contribution in [0.1, 0.15) is 21.8 Å². The standard InChI is InChI=1S/C2H6N6.5H2/c1-2-4-6-8-7-5-3;;;;;/h3H,2H2,1H3;5*1H/b5-3?,6-4?,8-7+;;;;;/i;5*1+2T. The molecule has 0 atom stereocenters. The molecule has 6 nitrogen and oxygen atoms in total. The molecule has 6 heteroatoms. The number of nitrogens with one attached hydrogen (secondary N) is 1. The first kappa shape index (κ1) is 1.96. The highest BCUT2D eigenvalue weighted by molar-refractivity contribution is 4.17. The van der Waals surface area contributed by atoms with Crippen LogP contribution in [0.25, 0.3) is 0 Å². The predicted molar refractivity (Wildman–Crippen MR) is 36.0 cm³/mol. The summed E-state index contributed by atoms with van der Waals surface area (Å²) in [5.74, 6) is 0. The monoisotopic (exact) mass is 144 g/mol. The number of nitrogens with zero attached hydrogens (tertiary/aromatic N) is 5. The van der Waals surface area contributed by atoms with Crippen molar-refractivity contribution in [2.45, 2.75) is 6.92 Å². The van der Waals surface area contributed by atoms with Gasteiger partial charge in [-0.05, 0) is 27.8 Å². The Hall–Kier alpha value is -1.20. The highest BCUT2D eigenvalue weighted by atomic mass is 15.6. The fourth-order valence-corrected chi connectivity index (χ4v) is 0.129. The summed E-state index contributed by atoms with van der Waals surface area (Å²) in [4.78, 5) is 0. The van der Waals surface area contributed by atoms with Gasteiger partial charge in [0.05, 0.1) is 6.54 Å². The second-order valence-corrected chi connectivity index (χ2v) is 0.826. The SMILES string of the molecule is CCN=N/N=N/N=N.[3H][3H].[3H][3H].[3H][3H].[3H][3H].[3H][3H]. The lowest BCUT2D eigenvalue weighted by Gasteiger charge is -1.68. The molecular weight excluding hydrogens is 108 g/mol. The third-order valence-corrected chi connectivity index (χ3v) is 0.329. The third kappa shape index (κ3) is 4.80. The van der Waals surface area contributed by atoms with Gasteiger partial charge in [-0.15, -0.1) is 0 Å². The second-order valence-electron chi connectivity index (χ2n) is 0.826. The average molecular weight is 144 g/mol. The van der Waals surface area contributed by atoms with Crippen LogP contribution in [0.2, 0.25) is 0 Å². The summed E-state index contributed by atoms with van der Waals surface area (Å²) < 4.78 is 50.0. The Morgan fingerprint density at radius 1 is 1.50 bits per heavy atom. The molecule has 0 saturated carbocycles. The number of rotatable bonds is 3. The molecule has 0 spiro atoms. The first-order valence-corrected chi connectivity index (χ1v) is 2.05. The fourth-order valence-electron chi connectivity index (χ4n) is 0.129. The van der Waals surface area contributed by atoms with Crippen molar-refractivity contribution in [1.29, 1.82) is 5.53 Å². The molecule has 0 bridgehead atoms. The lowest BCUT2D eigenvalue weighted by Crippen LogP contribution is -1.58. The lowest BCUT2D eigenvalue weighted by molar-refractivity contribution is 0.801. The van der Waals surface area contributed by atoms with Crippen LogP contribution < -0.4 is 0 Å². The summed E-state index contributed by atoms with van der Waals surface area (Å²) in [6, 6.07) is 0. The van der Waals surface area contributed by atoms with Crippen molar-refractivity contribution < 1.29 is 14.8 Å². The molecule has 0 aromatic carbocycles. The third-order valence-electron chi connectivity index (χ3n) is 0.329. The van der Waals surface area contributed by atoms with Crippen molar-refractivity contribution in [2.75, 3.05) is 6.54 Å². The van der Waals surface area contributed by atoms with Crippen molar-refractivity contribution >= 4 is 0 Å². The van der Waals surface area contributed by atoms with E-state index in [1.165, 1.54) is 0 Å². The lowest BCUT2D eigenvalue weighted by atomic mass is 10.8. The van der Waals surface area contributed by atoms with Gasteiger partial charge in [0.1, 0.15) is 0 Å². The second kappa shape index (κ2) is 5.80. The predicted octanol–water partition coefficient (Wildman–Crippen LogP) is 3.00. The van der Waals surface area contributed by atoms with E-state index in [1.807, 2.05) is 6.92 Å². The van der Waals surface area contributed by atoms with Crippen molar-refractivity contribution in [2.24, 2.45) is 26.0 Å². The van der Waals surface area contributed by atoms with Crippen LogP contribution in [0.3, 0.4) is 0 Å². The minimum atomic E-state index is 0.566. The molecule has 0 aromatic heterocycles. The minimum Gasteiger partial charge on any atom is -0.183 e. The Labute approximate surface area is 61.6 Å². The summed E-state index contributed by atoms with van der Waals surface area (Å²) in [7, 11) is 0. The molecule has 54 valence electrons. The topological polar surface area (TPSA) is 85.7 Å². The number of hydrogen-bond donors (Lipinski definition) is 1.